The van der Waals surface area contributed by atoms with Crippen molar-refractivity contribution in [3.05, 3.63) is 48.2 Å². The molecule has 2 aromatic rings. The summed E-state index contributed by atoms with van der Waals surface area (Å²) in [5, 5.41) is 2.89. The van der Waals surface area contributed by atoms with Crippen LogP contribution >= 0.6 is 11.8 Å². The van der Waals surface area contributed by atoms with Gasteiger partial charge in [-0.15, -0.1) is 11.8 Å². The Balaban J connectivity index is 1.41. The van der Waals surface area contributed by atoms with E-state index in [1.807, 2.05) is 43.3 Å². The number of carbonyl (C=O) groups is 3. The molecule has 7 nitrogen and oxygen atoms in total. The SMILES string of the molecule is Cc1cccnc1NC(=O)C1CCCN(C(=O)CN2C(=O)CSc3ccccc32)C1. The van der Waals surface area contributed by atoms with Gasteiger partial charge in [0.2, 0.25) is 17.7 Å². The van der Waals surface area contributed by atoms with Crippen LogP contribution in [0.3, 0.4) is 0 Å². The lowest BCUT2D eigenvalue weighted by molar-refractivity contribution is -0.134. The van der Waals surface area contributed by atoms with Gasteiger partial charge in [-0.05, 0) is 43.5 Å². The molecule has 0 bridgehead atoms. The first-order valence-corrected chi connectivity index (χ1v) is 11.0. The maximum atomic E-state index is 13.0. The molecule has 1 aromatic carbocycles. The molecule has 0 saturated carbocycles. The second-order valence-electron chi connectivity index (χ2n) is 7.57. The summed E-state index contributed by atoms with van der Waals surface area (Å²) >= 11 is 1.49. The summed E-state index contributed by atoms with van der Waals surface area (Å²) in [5.74, 6) is 0.285. The Hall–Kier alpha value is -2.87. The minimum atomic E-state index is -0.288. The fourth-order valence-electron chi connectivity index (χ4n) is 3.82. The minimum Gasteiger partial charge on any atom is -0.340 e. The van der Waals surface area contributed by atoms with E-state index in [0.29, 0.717) is 24.7 Å². The molecular formula is C22H24N4O3S. The monoisotopic (exact) mass is 424 g/mol. The zero-order chi connectivity index (χ0) is 21.1. The van der Waals surface area contributed by atoms with E-state index in [0.717, 1.165) is 29.0 Å². The number of hydrogen-bond donors (Lipinski definition) is 1. The van der Waals surface area contributed by atoms with Gasteiger partial charge in [-0.25, -0.2) is 4.98 Å². The van der Waals surface area contributed by atoms with Gasteiger partial charge in [-0.2, -0.15) is 0 Å². The van der Waals surface area contributed by atoms with Crippen molar-refractivity contribution in [1.29, 1.82) is 0 Å². The summed E-state index contributed by atoms with van der Waals surface area (Å²) in [4.78, 5) is 46.7. The van der Waals surface area contributed by atoms with Crippen LogP contribution in [0.2, 0.25) is 0 Å². The molecule has 3 heterocycles. The molecule has 1 N–H and O–H groups in total. The van der Waals surface area contributed by atoms with Crippen LogP contribution in [-0.2, 0) is 14.4 Å². The third kappa shape index (κ3) is 4.33. The van der Waals surface area contributed by atoms with E-state index in [4.69, 9.17) is 0 Å². The average Bonchev–Trinajstić information content (AvgIpc) is 2.77. The van der Waals surface area contributed by atoms with Gasteiger partial charge in [0.15, 0.2) is 0 Å². The highest BCUT2D eigenvalue weighted by Crippen LogP contribution is 2.35. The molecule has 3 amide bonds. The maximum Gasteiger partial charge on any atom is 0.242 e. The third-order valence-corrected chi connectivity index (χ3v) is 6.55. The fourth-order valence-corrected chi connectivity index (χ4v) is 4.75. The summed E-state index contributed by atoms with van der Waals surface area (Å²) < 4.78 is 0. The molecule has 0 radical (unpaired) electrons. The van der Waals surface area contributed by atoms with E-state index < -0.39 is 0 Å². The largest absolute Gasteiger partial charge is 0.340 e. The molecule has 30 heavy (non-hydrogen) atoms. The molecule has 1 fully saturated rings. The highest BCUT2D eigenvalue weighted by Gasteiger charge is 2.32. The first-order valence-electron chi connectivity index (χ1n) is 10.1. The van der Waals surface area contributed by atoms with Gasteiger partial charge in [0.05, 0.1) is 17.4 Å². The Bertz CT molecular complexity index is 980. The first kappa shape index (κ1) is 20.4. The standard InChI is InChI=1S/C22H24N4O3S/c1-15-6-4-10-23-21(15)24-22(29)16-7-5-11-25(12-16)19(27)13-26-17-8-2-3-9-18(17)30-14-20(26)28/h2-4,6,8-10,16H,5,7,11-14H2,1H3,(H,23,24,29). The Kier molecular flexibility index (Phi) is 6.03. The van der Waals surface area contributed by atoms with Crippen molar-refractivity contribution >= 4 is 41.0 Å². The van der Waals surface area contributed by atoms with E-state index in [9.17, 15) is 14.4 Å². The van der Waals surface area contributed by atoms with E-state index in [2.05, 4.69) is 10.3 Å². The normalized spacial score (nSPS) is 18.7. The first-order chi connectivity index (χ1) is 14.5. The van der Waals surface area contributed by atoms with Crippen molar-refractivity contribution in [1.82, 2.24) is 9.88 Å². The van der Waals surface area contributed by atoms with Crippen molar-refractivity contribution in [3.63, 3.8) is 0 Å². The number of para-hydroxylation sites is 1. The topological polar surface area (TPSA) is 82.6 Å². The van der Waals surface area contributed by atoms with Gasteiger partial charge in [-0.1, -0.05) is 18.2 Å². The number of aromatic nitrogens is 1. The van der Waals surface area contributed by atoms with Crippen LogP contribution in [0.1, 0.15) is 18.4 Å². The molecule has 1 atom stereocenters. The van der Waals surface area contributed by atoms with Crippen molar-refractivity contribution in [2.75, 3.05) is 35.6 Å². The molecule has 0 spiro atoms. The molecule has 1 aromatic heterocycles. The number of pyridine rings is 1. The molecule has 1 unspecified atom stereocenters. The summed E-state index contributed by atoms with van der Waals surface area (Å²) in [6.07, 6.45) is 3.13. The summed E-state index contributed by atoms with van der Waals surface area (Å²) in [5.41, 5.74) is 1.68. The molecule has 2 aliphatic rings. The Morgan fingerprint density at radius 3 is 2.90 bits per heavy atom. The molecular weight excluding hydrogens is 400 g/mol. The summed E-state index contributed by atoms with van der Waals surface area (Å²) in [7, 11) is 0. The number of fused-ring (bicyclic) bond motifs is 1. The van der Waals surface area contributed by atoms with Crippen molar-refractivity contribution in [3.8, 4) is 0 Å². The lowest BCUT2D eigenvalue weighted by atomic mass is 9.97. The second kappa shape index (κ2) is 8.87. The highest BCUT2D eigenvalue weighted by atomic mass is 32.2. The van der Waals surface area contributed by atoms with Crippen molar-refractivity contribution in [2.45, 2.75) is 24.7 Å². The van der Waals surface area contributed by atoms with Crippen LogP contribution in [0.25, 0.3) is 0 Å². The summed E-state index contributed by atoms with van der Waals surface area (Å²) in [6.45, 7) is 2.85. The zero-order valence-electron chi connectivity index (χ0n) is 16.8. The van der Waals surface area contributed by atoms with Crippen LogP contribution in [0.15, 0.2) is 47.5 Å². The lowest BCUT2D eigenvalue weighted by Crippen LogP contribution is -2.49. The van der Waals surface area contributed by atoms with Crippen LogP contribution < -0.4 is 10.2 Å². The van der Waals surface area contributed by atoms with Gasteiger partial charge in [-0.3, -0.25) is 14.4 Å². The zero-order valence-corrected chi connectivity index (χ0v) is 17.7. The van der Waals surface area contributed by atoms with Crippen molar-refractivity contribution in [2.24, 2.45) is 5.92 Å². The number of likely N-dealkylation sites (tertiary alicyclic amines) is 1. The number of hydrogen-bond acceptors (Lipinski definition) is 5. The van der Waals surface area contributed by atoms with Crippen molar-refractivity contribution < 1.29 is 14.4 Å². The molecule has 2 aliphatic heterocycles. The Morgan fingerprint density at radius 1 is 1.23 bits per heavy atom. The molecule has 0 aliphatic carbocycles. The number of nitrogens with one attached hydrogen (secondary N) is 1. The van der Waals surface area contributed by atoms with E-state index in [1.54, 1.807) is 16.0 Å². The second-order valence-corrected chi connectivity index (χ2v) is 8.59. The third-order valence-electron chi connectivity index (χ3n) is 5.50. The Morgan fingerprint density at radius 2 is 2.07 bits per heavy atom. The average molecular weight is 425 g/mol. The number of carbonyl (C=O) groups excluding carboxylic acids is 3. The van der Waals surface area contributed by atoms with Gasteiger partial charge in [0.25, 0.3) is 0 Å². The quantitative estimate of drug-likeness (QED) is 0.816. The predicted octanol–water partition coefficient (Wildman–Crippen LogP) is 2.71. The van der Waals surface area contributed by atoms with E-state index >= 15 is 0 Å². The van der Waals surface area contributed by atoms with Crippen LogP contribution in [0.5, 0.6) is 0 Å². The Labute approximate surface area is 179 Å². The maximum absolute atomic E-state index is 13.0. The molecule has 8 heteroatoms. The van der Waals surface area contributed by atoms with E-state index in [1.165, 1.54) is 11.8 Å². The van der Waals surface area contributed by atoms with E-state index in [-0.39, 0.29) is 30.2 Å². The number of aryl methyl sites for hydroxylation is 1. The number of anilines is 2. The van der Waals surface area contributed by atoms with Gasteiger partial charge >= 0.3 is 0 Å². The fraction of sp³-hybridized carbons (Fsp3) is 0.364. The van der Waals surface area contributed by atoms with Gasteiger partial charge in [0.1, 0.15) is 12.4 Å². The molecule has 156 valence electrons. The lowest BCUT2D eigenvalue weighted by Gasteiger charge is -2.35. The predicted molar refractivity (Wildman–Crippen MR) is 116 cm³/mol. The van der Waals surface area contributed by atoms with Crippen LogP contribution in [0.4, 0.5) is 11.5 Å². The number of thioether (sulfide) groups is 1. The minimum absolute atomic E-state index is 0.00406. The number of amides is 3. The molecule has 1 saturated heterocycles. The summed E-state index contributed by atoms with van der Waals surface area (Å²) in [6, 6.07) is 11.4. The van der Waals surface area contributed by atoms with Gasteiger partial charge in [0, 0.05) is 24.2 Å². The number of nitrogens with zero attached hydrogens (tertiary/aromatic N) is 3. The number of benzene rings is 1. The molecule has 4 rings (SSSR count). The van der Waals surface area contributed by atoms with Crippen LogP contribution in [-0.4, -0.2) is 53.0 Å². The van der Waals surface area contributed by atoms with Gasteiger partial charge < -0.3 is 15.1 Å². The highest BCUT2D eigenvalue weighted by molar-refractivity contribution is 8.00. The number of piperidine rings is 1. The smallest absolute Gasteiger partial charge is 0.242 e. The number of rotatable bonds is 4. The van der Waals surface area contributed by atoms with Crippen LogP contribution in [0, 0.1) is 12.8 Å².